The zero-order valence-electron chi connectivity index (χ0n) is 11.9. The minimum Gasteiger partial charge on any atom is -0.507 e. The van der Waals surface area contributed by atoms with Crippen molar-refractivity contribution in [3.8, 4) is 17.1 Å². The molecule has 0 amide bonds. The van der Waals surface area contributed by atoms with Gasteiger partial charge in [-0.1, -0.05) is 25.6 Å². The van der Waals surface area contributed by atoms with Gasteiger partial charge in [0, 0.05) is 0 Å². The lowest BCUT2D eigenvalue weighted by molar-refractivity contribution is -0.133. The van der Waals surface area contributed by atoms with Crippen molar-refractivity contribution in [2.75, 3.05) is 5.75 Å². The number of carboxylic acids is 2. The number of aromatic nitrogens is 3. The number of phenolic OH excluding ortho intramolecular Hbond substituents is 1. The maximum Gasteiger partial charge on any atom is 0.335 e. The monoisotopic (exact) mass is 325 g/mol. The Bertz CT molecular complexity index is 671. The van der Waals surface area contributed by atoms with Gasteiger partial charge in [-0.2, -0.15) is 0 Å². The number of nitrogens with one attached hydrogen (secondary N) is 1. The van der Waals surface area contributed by atoms with E-state index in [4.69, 9.17) is 10.2 Å². The molecule has 0 fully saturated rings. The number of carboxylic acid groups (broad SMARTS) is 2. The average Bonchev–Trinajstić information content (AvgIpc) is 2.96. The van der Waals surface area contributed by atoms with Gasteiger partial charge >= 0.3 is 11.9 Å². The third-order valence-electron chi connectivity index (χ3n) is 2.29. The lowest BCUT2D eigenvalue weighted by Gasteiger charge is -2.02. The molecule has 0 aliphatic heterocycles. The normalized spacial score (nSPS) is 9.73. The lowest BCUT2D eigenvalue weighted by Crippen LogP contribution is -1.98. The summed E-state index contributed by atoms with van der Waals surface area (Å²) < 4.78 is 0. The van der Waals surface area contributed by atoms with E-state index < -0.39 is 11.9 Å². The Morgan fingerprint density at radius 1 is 1.27 bits per heavy atom. The van der Waals surface area contributed by atoms with Gasteiger partial charge in [-0.15, -0.1) is 5.10 Å². The van der Waals surface area contributed by atoms with Crippen molar-refractivity contribution in [1.29, 1.82) is 0 Å². The van der Waals surface area contributed by atoms with E-state index in [0.717, 1.165) is 11.8 Å². The minimum atomic E-state index is -1.13. The second kappa shape index (κ2) is 8.03. The fraction of sp³-hybridized carbons (Fsp3) is 0.231. The Hall–Kier alpha value is -2.55. The predicted molar refractivity (Wildman–Crippen MR) is 80.2 cm³/mol. The number of benzene rings is 1. The molecule has 1 aromatic heterocycles. The fourth-order valence-electron chi connectivity index (χ4n) is 1.42. The van der Waals surface area contributed by atoms with Crippen molar-refractivity contribution in [1.82, 2.24) is 15.2 Å². The zero-order valence-corrected chi connectivity index (χ0v) is 12.7. The highest BCUT2D eigenvalue weighted by Gasteiger charge is 2.14. The summed E-state index contributed by atoms with van der Waals surface area (Å²) in [5.74, 6) is -2.32. The Morgan fingerprint density at radius 3 is 2.55 bits per heavy atom. The molecule has 4 N–H and O–H groups in total. The fourth-order valence-corrected chi connectivity index (χ4v) is 1.94. The second-order valence-electron chi connectivity index (χ2n) is 3.69. The molecule has 118 valence electrons. The van der Waals surface area contributed by atoms with E-state index in [-0.39, 0.29) is 33.6 Å². The molecule has 0 bridgehead atoms. The smallest absolute Gasteiger partial charge is 0.335 e. The van der Waals surface area contributed by atoms with Gasteiger partial charge in [0.15, 0.2) is 5.82 Å². The van der Waals surface area contributed by atoms with Crippen LogP contribution >= 0.6 is 11.8 Å². The number of carbonyl (C=O) groups is 2. The number of rotatable bonds is 5. The van der Waals surface area contributed by atoms with Crippen LogP contribution in [0.3, 0.4) is 0 Å². The maximum atomic E-state index is 10.9. The standard InChI is InChI=1S/C11H9N3O5S.C2H6/c15-7-2-1-5(10(18)19)3-6(7)9-12-11(14-13-9)20-4-8(16)17;1-2/h1-3,15H,4H2,(H,16,17)(H,18,19)(H,12,13,14);1-2H3. The molecule has 0 aliphatic carbocycles. The number of thioether (sulfide) groups is 1. The van der Waals surface area contributed by atoms with Gasteiger partial charge in [-0.05, 0) is 18.2 Å². The summed E-state index contributed by atoms with van der Waals surface area (Å²) in [5, 5.41) is 33.7. The Balaban J connectivity index is 0.00000116. The molecule has 2 rings (SSSR count). The van der Waals surface area contributed by atoms with Gasteiger partial charge in [-0.3, -0.25) is 9.89 Å². The van der Waals surface area contributed by atoms with Crippen molar-refractivity contribution < 1.29 is 24.9 Å². The van der Waals surface area contributed by atoms with Crippen LogP contribution in [0.1, 0.15) is 24.2 Å². The molecule has 2 aromatic rings. The van der Waals surface area contributed by atoms with Gasteiger partial charge in [0.1, 0.15) is 5.75 Å². The van der Waals surface area contributed by atoms with Crippen LogP contribution in [0.15, 0.2) is 23.4 Å². The molecule has 1 aromatic carbocycles. The molecule has 8 nitrogen and oxygen atoms in total. The van der Waals surface area contributed by atoms with E-state index in [0.29, 0.717) is 0 Å². The highest BCUT2D eigenvalue weighted by molar-refractivity contribution is 7.99. The number of phenols is 1. The molecule has 0 saturated heterocycles. The number of hydrogen-bond acceptors (Lipinski definition) is 6. The van der Waals surface area contributed by atoms with E-state index in [1.54, 1.807) is 0 Å². The predicted octanol–water partition coefficient (Wildman–Crippen LogP) is 2.08. The number of aliphatic carboxylic acids is 1. The SMILES string of the molecule is CC.O=C(O)CSc1n[nH]c(-c2cc(C(=O)O)ccc2O)n1. The lowest BCUT2D eigenvalue weighted by atomic mass is 10.1. The number of nitrogens with zero attached hydrogens (tertiary/aromatic N) is 2. The first-order valence-corrected chi connectivity index (χ1v) is 7.29. The van der Waals surface area contributed by atoms with Crippen LogP contribution in [0.5, 0.6) is 5.75 Å². The quantitative estimate of drug-likeness (QED) is 0.613. The maximum absolute atomic E-state index is 10.9. The second-order valence-corrected chi connectivity index (χ2v) is 4.63. The molecule has 0 radical (unpaired) electrons. The van der Waals surface area contributed by atoms with Gasteiger partial charge in [0.25, 0.3) is 0 Å². The number of H-pyrrole nitrogens is 1. The van der Waals surface area contributed by atoms with Gasteiger partial charge in [0.05, 0.1) is 16.9 Å². The van der Waals surface area contributed by atoms with E-state index in [2.05, 4.69) is 15.2 Å². The van der Waals surface area contributed by atoms with E-state index >= 15 is 0 Å². The van der Waals surface area contributed by atoms with Crippen LogP contribution in [0, 0.1) is 0 Å². The van der Waals surface area contributed by atoms with Crippen molar-refractivity contribution in [2.24, 2.45) is 0 Å². The van der Waals surface area contributed by atoms with Crippen LogP contribution in [-0.2, 0) is 4.79 Å². The van der Waals surface area contributed by atoms with Crippen molar-refractivity contribution in [2.45, 2.75) is 19.0 Å². The summed E-state index contributed by atoms with van der Waals surface area (Å²) in [5.41, 5.74) is 0.175. The number of aromatic hydroxyl groups is 1. The van der Waals surface area contributed by atoms with Crippen molar-refractivity contribution >= 4 is 23.7 Å². The summed E-state index contributed by atoms with van der Waals surface area (Å²) in [4.78, 5) is 25.3. The zero-order chi connectivity index (χ0) is 16.7. The van der Waals surface area contributed by atoms with Crippen LogP contribution in [0.2, 0.25) is 0 Å². The molecule has 9 heteroatoms. The Labute approximate surface area is 130 Å². The summed E-state index contributed by atoms with van der Waals surface area (Å²) in [7, 11) is 0. The van der Waals surface area contributed by atoms with Crippen molar-refractivity contribution in [3.05, 3.63) is 23.8 Å². The van der Waals surface area contributed by atoms with Gasteiger partial charge in [-0.25, -0.2) is 9.78 Å². The summed E-state index contributed by atoms with van der Waals surface area (Å²) in [6, 6.07) is 3.76. The van der Waals surface area contributed by atoms with Crippen LogP contribution < -0.4 is 0 Å². The molecule has 0 saturated carbocycles. The first kappa shape index (κ1) is 17.5. The van der Waals surface area contributed by atoms with E-state index in [1.807, 2.05) is 13.8 Å². The van der Waals surface area contributed by atoms with Crippen molar-refractivity contribution in [3.63, 3.8) is 0 Å². The van der Waals surface area contributed by atoms with E-state index in [1.165, 1.54) is 18.2 Å². The summed E-state index contributed by atoms with van der Waals surface area (Å²) >= 11 is 0.909. The topological polar surface area (TPSA) is 136 Å². The highest BCUT2D eigenvalue weighted by atomic mass is 32.2. The van der Waals surface area contributed by atoms with Gasteiger partial charge in [0.2, 0.25) is 5.16 Å². The molecular weight excluding hydrogens is 310 g/mol. The van der Waals surface area contributed by atoms with Crippen LogP contribution in [0.25, 0.3) is 11.4 Å². The molecule has 1 heterocycles. The number of hydrogen-bond donors (Lipinski definition) is 4. The van der Waals surface area contributed by atoms with Crippen LogP contribution in [-0.4, -0.2) is 48.2 Å². The van der Waals surface area contributed by atoms with Crippen LogP contribution in [0.4, 0.5) is 0 Å². The first-order valence-electron chi connectivity index (χ1n) is 6.31. The summed E-state index contributed by atoms with van der Waals surface area (Å²) in [6.45, 7) is 4.00. The largest absolute Gasteiger partial charge is 0.507 e. The molecule has 22 heavy (non-hydrogen) atoms. The van der Waals surface area contributed by atoms with E-state index in [9.17, 15) is 14.7 Å². The number of aromatic amines is 1. The van der Waals surface area contributed by atoms with Gasteiger partial charge < -0.3 is 15.3 Å². The number of aromatic carboxylic acids is 1. The average molecular weight is 325 g/mol. The third-order valence-corrected chi connectivity index (χ3v) is 3.12. The molecule has 0 atom stereocenters. The summed E-state index contributed by atoms with van der Waals surface area (Å²) in [6.07, 6.45) is 0. The Morgan fingerprint density at radius 2 is 1.95 bits per heavy atom. The molecule has 0 spiro atoms. The molecular formula is C13H15N3O5S. The molecule has 0 unspecified atom stereocenters. The highest BCUT2D eigenvalue weighted by Crippen LogP contribution is 2.28. The molecule has 0 aliphatic rings. The Kier molecular flexibility index (Phi) is 6.39. The minimum absolute atomic E-state index is 0.00561. The third kappa shape index (κ3) is 4.48. The first-order chi connectivity index (χ1) is 10.5.